The van der Waals surface area contributed by atoms with Gasteiger partial charge in [0, 0.05) is 10.6 Å². The van der Waals surface area contributed by atoms with Crippen LogP contribution in [0.1, 0.15) is 38.9 Å². The smallest absolute Gasteiger partial charge is 0.125 e. The number of hydrogen-bond donors (Lipinski definition) is 1. The van der Waals surface area contributed by atoms with Crippen molar-refractivity contribution in [3.8, 4) is 5.75 Å². The second-order valence-electron chi connectivity index (χ2n) is 4.18. The Labute approximate surface area is 102 Å². The van der Waals surface area contributed by atoms with Gasteiger partial charge < -0.3 is 9.84 Å². The molecule has 90 valence electrons. The van der Waals surface area contributed by atoms with Crippen LogP contribution in [0.3, 0.4) is 0 Å². The van der Waals surface area contributed by atoms with Gasteiger partial charge in [-0.1, -0.05) is 31.9 Å². The van der Waals surface area contributed by atoms with Crippen LogP contribution < -0.4 is 4.74 Å². The van der Waals surface area contributed by atoms with Crippen molar-refractivity contribution in [3.05, 3.63) is 28.8 Å². The summed E-state index contributed by atoms with van der Waals surface area (Å²) >= 11 is 5.88. The van der Waals surface area contributed by atoms with Gasteiger partial charge in [-0.15, -0.1) is 0 Å². The average molecular weight is 243 g/mol. The lowest BCUT2D eigenvalue weighted by atomic mass is 10.1. The monoisotopic (exact) mass is 242 g/mol. The van der Waals surface area contributed by atoms with Gasteiger partial charge in [-0.3, -0.25) is 0 Å². The largest absolute Gasteiger partial charge is 0.493 e. The summed E-state index contributed by atoms with van der Waals surface area (Å²) in [5.74, 6) is 1.23. The van der Waals surface area contributed by atoms with Crippen molar-refractivity contribution in [2.75, 3.05) is 6.61 Å². The molecule has 0 saturated heterocycles. The van der Waals surface area contributed by atoms with E-state index >= 15 is 0 Å². The third kappa shape index (κ3) is 3.69. The molecule has 2 atom stereocenters. The fourth-order valence-corrected chi connectivity index (χ4v) is 1.51. The first-order valence-electron chi connectivity index (χ1n) is 5.64. The van der Waals surface area contributed by atoms with Gasteiger partial charge in [0.25, 0.3) is 0 Å². The highest BCUT2D eigenvalue weighted by Crippen LogP contribution is 2.28. The Morgan fingerprint density at radius 1 is 1.38 bits per heavy atom. The maximum absolute atomic E-state index is 9.61. The number of benzene rings is 1. The molecule has 2 nitrogen and oxygen atoms in total. The Bertz CT molecular complexity index is 337. The Morgan fingerprint density at radius 3 is 2.62 bits per heavy atom. The molecule has 0 radical (unpaired) electrons. The van der Waals surface area contributed by atoms with Crippen LogP contribution in [-0.2, 0) is 0 Å². The predicted octanol–water partition coefficient (Wildman–Crippen LogP) is 3.82. The van der Waals surface area contributed by atoms with Gasteiger partial charge in [-0.25, -0.2) is 0 Å². The summed E-state index contributed by atoms with van der Waals surface area (Å²) in [7, 11) is 0. The Kier molecular flexibility index (Phi) is 5.10. The molecule has 0 fully saturated rings. The van der Waals surface area contributed by atoms with Gasteiger partial charge in [0.1, 0.15) is 5.75 Å². The third-order valence-corrected chi connectivity index (χ3v) is 2.88. The topological polar surface area (TPSA) is 29.5 Å². The zero-order chi connectivity index (χ0) is 12.1. The Morgan fingerprint density at radius 2 is 2.06 bits per heavy atom. The SMILES string of the molecule is CCC(C)COc1ccc(Cl)cc1[C@H](C)O. The second kappa shape index (κ2) is 6.12. The van der Waals surface area contributed by atoms with E-state index in [0.717, 1.165) is 17.7 Å². The summed E-state index contributed by atoms with van der Waals surface area (Å²) in [4.78, 5) is 0. The van der Waals surface area contributed by atoms with Crippen LogP contribution in [0.15, 0.2) is 18.2 Å². The van der Waals surface area contributed by atoms with Gasteiger partial charge in [0.2, 0.25) is 0 Å². The fraction of sp³-hybridized carbons (Fsp3) is 0.538. The summed E-state index contributed by atoms with van der Waals surface area (Å²) in [6.07, 6.45) is 0.517. The summed E-state index contributed by atoms with van der Waals surface area (Å²) in [5, 5.41) is 10.2. The molecule has 0 amide bonds. The number of aliphatic hydroxyl groups excluding tert-OH is 1. The van der Waals surface area contributed by atoms with E-state index in [1.165, 1.54) is 0 Å². The van der Waals surface area contributed by atoms with E-state index in [0.29, 0.717) is 17.5 Å². The van der Waals surface area contributed by atoms with E-state index in [1.54, 1.807) is 19.1 Å². The lowest BCUT2D eigenvalue weighted by Gasteiger charge is -2.16. The molecule has 0 aliphatic rings. The zero-order valence-corrected chi connectivity index (χ0v) is 10.8. The molecule has 0 aliphatic carbocycles. The minimum Gasteiger partial charge on any atom is -0.493 e. The molecule has 0 bridgehead atoms. The van der Waals surface area contributed by atoms with E-state index in [9.17, 15) is 5.11 Å². The standard InChI is InChI=1S/C13H19ClO2/c1-4-9(2)8-16-13-6-5-11(14)7-12(13)10(3)15/h5-7,9-10,15H,4,8H2,1-3H3/t9?,10-/m0/s1. The van der Waals surface area contributed by atoms with Crippen LogP contribution in [0.5, 0.6) is 5.75 Å². The van der Waals surface area contributed by atoms with Gasteiger partial charge in [-0.2, -0.15) is 0 Å². The predicted molar refractivity (Wildman–Crippen MR) is 67.0 cm³/mol. The average Bonchev–Trinajstić information content (AvgIpc) is 2.26. The molecule has 16 heavy (non-hydrogen) atoms. The number of rotatable bonds is 5. The van der Waals surface area contributed by atoms with Crippen LogP contribution in [0.2, 0.25) is 5.02 Å². The van der Waals surface area contributed by atoms with Crippen molar-refractivity contribution in [3.63, 3.8) is 0 Å². The van der Waals surface area contributed by atoms with Crippen molar-refractivity contribution in [2.24, 2.45) is 5.92 Å². The molecular formula is C13H19ClO2. The highest BCUT2D eigenvalue weighted by Gasteiger charge is 2.10. The number of aliphatic hydroxyl groups is 1. The molecule has 1 N–H and O–H groups in total. The summed E-state index contributed by atoms with van der Waals surface area (Å²) in [6, 6.07) is 5.34. The van der Waals surface area contributed by atoms with E-state index < -0.39 is 6.10 Å². The quantitative estimate of drug-likeness (QED) is 0.851. The second-order valence-corrected chi connectivity index (χ2v) is 4.62. The fourth-order valence-electron chi connectivity index (χ4n) is 1.33. The molecule has 0 aliphatic heterocycles. The number of halogens is 1. The van der Waals surface area contributed by atoms with Crippen molar-refractivity contribution in [1.29, 1.82) is 0 Å². The van der Waals surface area contributed by atoms with Crippen LogP contribution in [0.25, 0.3) is 0 Å². The van der Waals surface area contributed by atoms with E-state index in [-0.39, 0.29) is 0 Å². The maximum Gasteiger partial charge on any atom is 0.125 e. The molecule has 1 aromatic carbocycles. The molecule has 1 aromatic rings. The molecule has 0 spiro atoms. The van der Waals surface area contributed by atoms with Crippen LogP contribution in [0, 0.1) is 5.92 Å². The summed E-state index contributed by atoms with van der Waals surface area (Å²) in [5.41, 5.74) is 0.746. The maximum atomic E-state index is 9.61. The lowest BCUT2D eigenvalue weighted by Crippen LogP contribution is -2.09. The molecule has 1 rings (SSSR count). The molecule has 0 heterocycles. The molecule has 0 saturated carbocycles. The van der Waals surface area contributed by atoms with Crippen molar-refractivity contribution >= 4 is 11.6 Å². The van der Waals surface area contributed by atoms with Crippen LogP contribution in [0.4, 0.5) is 0 Å². The first-order valence-corrected chi connectivity index (χ1v) is 6.02. The highest BCUT2D eigenvalue weighted by atomic mass is 35.5. The molecule has 3 heteroatoms. The summed E-state index contributed by atoms with van der Waals surface area (Å²) in [6.45, 7) is 6.64. The summed E-state index contributed by atoms with van der Waals surface area (Å²) < 4.78 is 5.69. The zero-order valence-electron chi connectivity index (χ0n) is 10.0. The van der Waals surface area contributed by atoms with E-state index in [4.69, 9.17) is 16.3 Å². The normalized spacial score (nSPS) is 14.6. The van der Waals surface area contributed by atoms with Gasteiger partial charge >= 0.3 is 0 Å². The lowest BCUT2D eigenvalue weighted by molar-refractivity contribution is 0.186. The van der Waals surface area contributed by atoms with Gasteiger partial charge in [-0.05, 0) is 31.0 Å². The highest BCUT2D eigenvalue weighted by molar-refractivity contribution is 6.30. The first kappa shape index (κ1) is 13.3. The van der Waals surface area contributed by atoms with Crippen LogP contribution in [-0.4, -0.2) is 11.7 Å². The third-order valence-electron chi connectivity index (χ3n) is 2.64. The Balaban J connectivity index is 2.78. The van der Waals surface area contributed by atoms with Crippen molar-refractivity contribution in [1.82, 2.24) is 0 Å². The molecular weight excluding hydrogens is 224 g/mol. The minimum absolute atomic E-state index is 0.512. The Hall–Kier alpha value is -0.730. The minimum atomic E-state index is -0.564. The van der Waals surface area contributed by atoms with Gasteiger partial charge in [0.05, 0.1) is 12.7 Å². The van der Waals surface area contributed by atoms with E-state index in [2.05, 4.69) is 13.8 Å². The van der Waals surface area contributed by atoms with E-state index in [1.807, 2.05) is 6.07 Å². The number of ether oxygens (including phenoxy) is 1. The van der Waals surface area contributed by atoms with Crippen molar-refractivity contribution < 1.29 is 9.84 Å². The first-order chi connectivity index (χ1) is 7.54. The van der Waals surface area contributed by atoms with Crippen molar-refractivity contribution in [2.45, 2.75) is 33.3 Å². The van der Waals surface area contributed by atoms with Gasteiger partial charge in [0.15, 0.2) is 0 Å². The van der Waals surface area contributed by atoms with Crippen LogP contribution >= 0.6 is 11.6 Å². The molecule has 1 unspecified atom stereocenters. The number of hydrogen-bond acceptors (Lipinski definition) is 2. The molecule has 0 aromatic heterocycles.